The molecule has 2 N–H and O–H groups in total. The summed E-state index contributed by atoms with van der Waals surface area (Å²) in [5.41, 5.74) is 1.12. The van der Waals surface area contributed by atoms with Gasteiger partial charge in [-0.3, -0.25) is 4.79 Å². The first kappa shape index (κ1) is 12.4. The second-order valence-corrected chi connectivity index (χ2v) is 3.59. The largest absolute Gasteiger partial charge is 0.481 e. The minimum atomic E-state index is -0.777. The number of hydrogen-bond donors (Lipinski definition) is 2. The topological polar surface area (TPSA) is 75.1 Å². The fourth-order valence-electron chi connectivity index (χ4n) is 1.30. The van der Waals surface area contributed by atoms with Gasteiger partial charge < -0.3 is 10.4 Å². The third kappa shape index (κ3) is 4.72. The van der Waals surface area contributed by atoms with E-state index in [-0.39, 0.29) is 6.42 Å². The monoisotopic (exact) mass is 223 g/mol. The maximum atomic E-state index is 10.3. The smallest absolute Gasteiger partial charge is 0.303 e. The quantitative estimate of drug-likeness (QED) is 0.688. The predicted molar refractivity (Wildman–Crippen MR) is 61.4 cm³/mol. The lowest BCUT2D eigenvalue weighted by Crippen LogP contribution is -2.07. The Kier molecular flexibility index (Phi) is 5.25. The van der Waals surface area contributed by atoms with Crippen molar-refractivity contribution >= 4 is 11.9 Å². The number of anilines is 1. The van der Waals surface area contributed by atoms with Gasteiger partial charge in [-0.25, -0.2) is 9.97 Å². The molecule has 88 valence electrons. The fraction of sp³-hybridized carbons (Fsp3) is 0.545. The van der Waals surface area contributed by atoms with Crippen LogP contribution in [0.4, 0.5) is 5.95 Å². The van der Waals surface area contributed by atoms with Gasteiger partial charge in [0.25, 0.3) is 0 Å². The molecule has 0 spiro atoms. The Hall–Kier alpha value is -1.65. The van der Waals surface area contributed by atoms with Crippen molar-refractivity contribution in [2.45, 2.75) is 32.6 Å². The number of carboxylic acid groups (broad SMARTS) is 1. The second-order valence-electron chi connectivity index (χ2n) is 3.59. The molecule has 0 aliphatic heterocycles. The van der Waals surface area contributed by atoms with Gasteiger partial charge in [0.05, 0.1) is 0 Å². The van der Waals surface area contributed by atoms with E-state index in [0.717, 1.165) is 18.4 Å². The molecule has 5 nitrogen and oxygen atoms in total. The molecule has 1 aromatic rings. The van der Waals surface area contributed by atoms with E-state index in [1.165, 1.54) is 0 Å². The maximum absolute atomic E-state index is 10.3. The van der Waals surface area contributed by atoms with Gasteiger partial charge in [0, 0.05) is 25.4 Å². The van der Waals surface area contributed by atoms with Gasteiger partial charge in [0.15, 0.2) is 0 Å². The van der Waals surface area contributed by atoms with Gasteiger partial charge in [-0.15, -0.1) is 0 Å². The molecule has 5 heteroatoms. The van der Waals surface area contributed by atoms with E-state index in [2.05, 4.69) is 22.2 Å². The molecule has 0 radical (unpaired) electrons. The number of nitrogens with one attached hydrogen (secondary N) is 1. The van der Waals surface area contributed by atoms with Crippen molar-refractivity contribution in [3.8, 4) is 0 Å². The van der Waals surface area contributed by atoms with Gasteiger partial charge in [-0.2, -0.15) is 0 Å². The van der Waals surface area contributed by atoms with Crippen LogP contribution in [0, 0.1) is 0 Å². The number of aryl methyl sites for hydroxylation is 1. The number of hydrogen-bond acceptors (Lipinski definition) is 4. The van der Waals surface area contributed by atoms with Crippen LogP contribution in [-0.2, 0) is 11.2 Å². The van der Waals surface area contributed by atoms with E-state index in [1.807, 2.05) is 0 Å². The minimum absolute atomic E-state index is 0.168. The molecule has 0 bridgehead atoms. The predicted octanol–water partition coefficient (Wildman–Crippen LogP) is 1.71. The van der Waals surface area contributed by atoms with Crippen LogP contribution in [0.25, 0.3) is 0 Å². The average molecular weight is 223 g/mol. The van der Waals surface area contributed by atoms with Crippen molar-refractivity contribution in [1.82, 2.24) is 9.97 Å². The first-order valence-corrected chi connectivity index (χ1v) is 5.49. The molecule has 0 aliphatic carbocycles. The van der Waals surface area contributed by atoms with E-state index >= 15 is 0 Å². The van der Waals surface area contributed by atoms with Gasteiger partial charge >= 0.3 is 5.97 Å². The van der Waals surface area contributed by atoms with Crippen molar-refractivity contribution < 1.29 is 9.90 Å². The van der Waals surface area contributed by atoms with E-state index in [4.69, 9.17) is 5.11 Å². The second kappa shape index (κ2) is 6.76. The molecule has 0 aliphatic rings. The summed E-state index contributed by atoms with van der Waals surface area (Å²) in [6.07, 6.45) is 6.41. The van der Waals surface area contributed by atoms with Crippen LogP contribution in [0.2, 0.25) is 0 Å². The van der Waals surface area contributed by atoms with Crippen molar-refractivity contribution in [3.05, 3.63) is 18.0 Å². The van der Waals surface area contributed by atoms with Crippen molar-refractivity contribution in [3.63, 3.8) is 0 Å². The first-order valence-electron chi connectivity index (χ1n) is 5.49. The number of nitrogens with zero attached hydrogens (tertiary/aromatic N) is 2. The summed E-state index contributed by atoms with van der Waals surface area (Å²) < 4.78 is 0. The molecule has 0 fully saturated rings. The van der Waals surface area contributed by atoms with Crippen LogP contribution < -0.4 is 5.32 Å². The molecule has 1 aromatic heterocycles. The van der Waals surface area contributed by atoms with E-state index in [0.29, 0.717) is 18.9 Å². The van der Waals surface area contributed by atoms with Gasteiger partial charge in [0.1, 0.15) is 0 Å². The molecular weight excluding hydrogens is 206 g/mol. The molecule has 0 amide bonds. The summed E-state index contributed by atoms with van der Waals surface area (Å²) in [6.45, 7) is 2.69. The molecule has 16 heavy (non-hydrogen) atoms. The number of aromatic nitrogens is 2. The Morgan fingerprint density at radius 3 is 2.69 bits per heavy atom. The Morgan fingerprint density at radius 2 is 2.12 bits per heavy atom. The highest BCUT2D eigenvalue weighted by Gasteiger charge is 1.98. The molecule has 0 unspecified atom stereocenters. The molecule has 1 rings (SSSR count). The summed E-state index contributed by atoms with van der Waals surface area (Å²) in [4.78, 5) is 18.6. The molecule has 1 heterocycles. The summed E-state index contributed by atoms with van der Waals surface area (Å²) in [6, 6.07) is 0. The Labute approximate surface area is 94.9 Å². The van der Waals surface area contributed by atoms with Gasteiger partial charge in [-0.05, 0) is 18.4 Å². The summed E-state index contributed by atoms with van der Waals surface area (Å²) in [7, 11) is 0. The van der Waals surface area contributed by atoms with Crippen LogP contribution in [0.5, 0.6) is 0 Å². The number of rotatable bonds is 7. The van der Waals surface area contributed by atoms with Gasteiger partial charge in [-0.1, -0.05) is 13.3 Å². The highest BCUT2D eigenvalue weighted by Crippen LogP contribution is 2.03. The third-order valence-electron chi connectivity index (χ3n) is 2.09. The number of carbonyl (C=O) groups is 1. The van der Waals surface area contributed by atoms with E-state index < -0.39 is 5.97 Å². The minimum Gasteiger partial charge on any atom is -0.481 e. The lowest BCUT2D eigenvalue weighted by molar-refractivity contribution is -0.137. The van der Waals surface area contributed by atoms with Crippen LogP contribution in [0.1, 0.15) is 31.7 Å². The Balaban J connectivity index is 2.29. The standard InChI is InChI=1S/C11H17N3O2/c1-2-4-9-7-13-11(14-8-9)12-6-3-5-10(15)16/h7-8H,2-6H2,1H3,(H,15,16)(H,12,13,14). The molecule has 0 saturated carbocycles. The number of aliphatic carboxylic acids is 1. The van der Waals surface area contributed by atoms with Crippen molar-refractivity contribution in [2.24, 2.45) is 0 Å². The third-order valence-corrected chi connectivity index (χ3v) is 2.09. The Bertz CT molecular complexity index is 325. The van der Waals surface area contributed by atoms with Crippen LogP contribution in [-0.4, -0.2) is 27.6 Å². The zero-order chi connectivity index (χ0) is 11.8. The lowest BCUT2D eigenvalue weighted by Gasteiger charge is -2.03. The number of carboxylic acids is 1. The van der Waals surface area contributed by atoms with E-state index in [9.17, 15) is 4.79 Å². The lowest BCUT2D eigenvalue weighted by atomic mass is 10.2. The van der Waals surface area contributed by atoms with Crippen LogP contribution in [0.15, 0.2) is 12.4 Å². The Morgan fingerprint density at radius 1 is 1.44 bits per heavy atom. The highest BCUT2D eigenvalue weighted by molar-refractivity contribution is 5.66. The maximum Gasteiger partial charge on any atom is 0.303 e. The fourth-order valence-corrected chi connectivity index (χ4v) is 1.30. The average Bonchev–Trinajstić information content (AvgIpc) is 2.27. The van der Waals surface area contributed by atoms with Crippen LogP contribution in [0.3, 0.4) is 0 Å². The molecule has 0 saturated heterocycles. The molecule has 0 atom stereocenters. The first-order chi connectivity index (χ1) is 7.72. The summed E-state index contributed by atoms with van der Waals surface area (Å²) >= 11 is 0. The molecule has 0 aromatic carbocycles. The zero-order valence-electron chi connectivity index (χ0n) is 9.44. The molecular formula is C11H17N3O2. The SMILES string of the molecule is CCCc1cnc(NCCCC(=O)O)nc1. The summed E-state index contributed by atoms with van der Waals surface area (Å²) in [5.74, 6) is -0.216. The van der Waals surface area contributed by atoms with Crippen molar-refractivity contribution in [1.29, 1.82) is 0 Å². The zero-order valence-corrected chi connectivity index (χ0v) is 9.44. The van der Waals surface area contributed by atoms with Crippen LogP contribution >= 0.6 is 0 Å². The highest BCUT2D eigenvalue weighted by atomic mass is 16.4. The van der Waals surface area contributed by atoms with Crippen molar-refractivity contribution in [2.75, 3.05) is 11.9 Å². The van der Waals surface area contributed by atoms with E-state index in [1.54, 1.807) is 12.4 Å². The van der Waals surface area contributed by atoms with Gasteiger partial charge in [0.2, 0.25) is 5.95 Å². The summed E-state index contributed by atoms with van der Waals surface area (Å²) in [5, 5.41) is 11.4. The normalized spacial score (nSPS) is 10.1.